The Balaban J connectivity index is 1.37. The highest BCUT2D eigenvalue weighted by molar-refractivity contribution is 6.10. The minimum absolute atomic E-state index is 0.155. The van der Waals surface area contributed by atoms with E-state index in [1.807, 2.05) is 32.0 Å². The third-order valence-electron chi connectivity index (χ3n) is 7.24. The second kappa shape index (κ2) is 5.54. The third kappa shape index (κ3) is 2.27. The normalized spacial score (nSPS) is 36.5. The molecular weight excluding hydrogens is 340 g/mol. The van der Waals surface area contributed by atoms with Gasteiger partial charge in [-0.2, -0.15) is 0 Å². The van der Waals surface area contributed by atoms with Crippen LogP contribution in [0.5, 0.6) is 0 Å². The van der Waals surface area contributed by atoms with Gasteiger partial charge in [0.1, 0.15) is 6.04 Å². The molecule has 7 atom stereocenters. The van der Waals surface area contributed by atoms with E-state index in [2.05, 4.69) is 17.5 Å². The molecule has 5 nitrogen and oxygen atoms in total. The van der Waals surface area contributed by atoms with Gasteiger partial charge in [-0.15, -0.1) is 0 Å². The highest BCUT2D eigenvalue weighted by Crippen LogP contribution is 2.65. The maximum Gasteiger partial charge on any atom is 0.247 e. The van der Waals surface area contributed by atoms with Crippen LogP contribution in [0, 0.1) is 49.4 Å². The Morgan fingerprint density at radius 1 is 1.04 bits per heavy atom. The van der Waals surface area contributed by atoms with Gasteiger partial charge in [0.2, 0.25) is 17.7 Å². The van der Waals surface area contributed by atoms with Crippen molar-refractivity contribution in [2.45, 2.75) is 33.2 Å². The third-order valence-corrected chi connectivity index (χ3v) is 7.24. The predicted molar refractivity (Wildman–Crippen MR) is 101 cm³/mol. The smallest absolute Gasteiger partial charge is 0.247 e. The minimum Gasteiger partial charge on any atom is -0.324 e. The van der Waals surface area contributed by atoms with E-state index in [0.29, 0.717) is 17.5 Å². The Kier molecular flexibility index (Phi) is 3.43. The van der Waals surface area contributed by atoms with Gasteiger partial charge in [-0.1, -0.05) is 18.2 Å². The number of hydrogen-bond donors (Lipinski definition) is 1. The highest BCUT2D eigenvalue weighted by atomic mass is 16.2. The van der Waals surface area contributed by atoms with Gasteiger partial charge in [0.05, 0.1) is 11.8 Å². The molecule has 0 spiro atoms. The van der Waals surface area contributed by atoms with Gasteiger partial charge in [-0.25, -0.2) is 0 Å². The number of carbonyl (C=O) groups excluding carboxylic acids is 3. The van der Waals surface area contributed by atoms with E-state index in [1.165, 1.54) is 4.90 Å². The Morgan fingerprint density at radius 2 is 1.63 bits per heavy atom. The molecule has 1 N–H and O–H groups in total. The number of nitrogens with one attached hydrogen (secondary N) is 1. The molecule has 27 heavy (non-hydrogen) atoms. The van der Waals surface area contributed by atoms with Crippen LogP contribution in [-0.2, 0) is 14.4 Å². The number of nitrogens with zero attached hydrogens (tertiary/aromatic N) is 1. The lowest BCUT2D eigenvalue weighted by Gasteiger charge is -2.37. The zero-order chi connectivity index (χ0) is 19.0. The predicted octanol–water partition coefficient (Wildman–Crippen LogP) is 2.68. The number of rotatable bonds is 3. The topological polar surface area (TPSA) is 66.5 Å². The number of likely N-dealkylation sites (tertiary alicyclic amines) is 1. The molecule has 1 heterocycles. The fourth-order valence-corrected chi connectivity index (χ4v) is 5.54. The Morgan fingerprint density at radius 3 is 2.19 bits per heavy atom. The van der Waals surface area contributed by atoms with Gasteiger partial charge >= 0.3 is 0 Å². The molecule has 1 aromatic carbocycles. The zero-order valence-corrected chi connectivity index (χ0v) is 15.8. The number of allylic oxidation sites excluding steroid dienone is 2. The van der Waals surface area contributed by atoms with Crippen LogP contribution in [0.4, 0.5) is 5.69 Å². The molecule has 2 saturated carbocycles. The van der Waals surface area contributed by atoms with E-state index in [0.717, 1.165) is 17.5 Å². The monoisotopic (exact) mass is 364 g/mol. The summed E-state index contributed by atoms with van der Waals surface area (Å²) in [5.74, 6) is 0.360. The van der Waals surface area contributed by atoms with Gasteiger partial charge in [0.25, 0.3) is 0 Å². The molecule has 6 rings (SSSR count). The molecule has 0 radical (unpaired) electrons. The second-order valence-electron chi connectivity index (χ2n) is 8.67. The van der Waals surface area contributed by atoms with Crippen LogP contribution in [-0.4, -0.2) is 28.7 Å². The molecule has 3 amide bonds. The van der Waals surface area contributed by atoms with E-state index < -0.39 is 6.04 Å². The molecule has 0 aromatic heterocycles. The van der Waals surface area contributed by atoms with E-state index in [9.17, 15) is 14.4 Å². The summed E-state index contributed by atoms with van der Waals surface area (Å²) in [4.78, 5) is 40.2. The maximum atomic E-state index is 13.1. The van der Waals surface area contributed by atoms with Crippen molar-refractivity contribution < 1.29 is 14.4 Å². The quantitative estimate of drug-likeness (QED) is 0.662. The number of hydrogen-bond acceptors (Lipinski definition) is 3. The average molecular weight is 364 g/mol. The lowest BCUT2D eigenvalue weighted by atomic mass is 9.63. The number of anilines is 1. The van der Waals surface area contributed by atoms with E-state index in [4.69, 9.17) is 0 Å². The first-order valence-corrected chi connectivity index (χ1v) is 9.82. The fraction of sp³-hybridized carbons (Fsp3) is 0.500. The summed E-state index contributed by atoms with van der Waals surface area (Å²) in [6.45, 7) is 5.65. The summed E-state index contributed by atoms with van der Waals surface area (Å²) < 4.78 is 0. The fourth-order valence-electron chi connectivity index (χ4n) is 5.54. The Bertz CT molecular complexity index is 869. The van der Waals surface area contributed by atoms with Crippen LogP contribution in [0.25, 0.3) is 0 Å². The van der Waals surface area contributed by atoms with Crippen LogP contribution < -0.4 is 5.32 Å². The van der Waals surface area contributed by atoms with Crippen LogP contribution >= 0.6 is 0 Å². The SMILES string of the molecule is Cc1ccc(NC(=O)[C@@H](C)N2C(=O)[C@H]3[C@@H]4C=C[C@H]([C@H]5C[C@H]45)[C@@H]3C2=O)cc1C. The van der Waals surface area contributed by atoms with E-state index in [-0.39, 0.29) is 41.4 Å². The molecule has 5 heteroatoms. The van der Waals surface area contributed by atoms with Crippen molar-refractivity contribution in [2.24, 2.45) is 35.5 Å². The van der Waals surface area contributed by atoms with Gasteiger partial charge in [0.15, 0.2) is 0 Å². The molecule has 4 aliphatic carbocycles. The number of aryl methyl sites for hydroxylation is 2. The van der Waals surface area contributed by atoms with Gasteiger partial charge in [0, 0.05) is 5.69 Å². The van der Waals surface area contributed by atoms with Gasteiger partial charge < -0.3 is 5.32 Å². The van der Waals surface area contributed by atoms with Crippen LogP contribution in [0.2, 0.25) is 0 Å². The highest BCUT2D eigenvalue weighted by Gasteiger charge is 2.67. The lowest BCUT2D eigenvalue weighted by Crippen LogP contribution is -2.46. The van der Waals surface area contributed by atoms with E-state index >= 15 is 0 Å². The maximum absolute atomic E-state index is 13.1. The number of benzene rings is 1. The van der Waals surface area contributed by atoms with Crippen molar-refractivity contribution in [3.05, 3.63) is 41.5 Å². The zero-order valence-electron chi connectivity index (χ0n) is 15.8. The first kappa shape index (κ1) is 16.7. The Hall–Kier alpha value is -2.43. The summed E-state index contributed by atoms with van der Waals surface area (Å²) in [5, 5.41) is 2.86. The second-order valence-corrected chi connectivity index (χ2v) is 8.67. The summed E-state index contributed by atoms with van der Waals surface area (Å²) in [6, 6.07) is 4.91. The first-order chi connectivity index (χ1) is 12.9. The molecule has 140 valence electrons. The number of imide groups is 1. The van der Waals surface area contributed by atoms with Crippen molar-refractivity contribution in [1.82, 2.24) is 4.90 Å². The lowest BCUT2D eigenvalue weighted by molar-refractivity contribution is -0.146. The molecular formula is C22H24N2O3. The molecule has 1 aromatic rings. The number of amides is 3. The molecule has 0 unspecified atom stereocenters. The standard InChI is InChI=1S/C22H24N2O3/c1-10-4-5-13(8-11(10)2)23-20(25)12(3)24-21(26)18-14-6-7-15(17-9-16(14)17)19(18)22(24)27/h4-8,12,14-19H,9H2,1-3H3,(H,23,25)/t12-,14-,15-,16-,17-,18+,19+/m1/s1. The van der Waals surface area contributed by atoms with Crippen molar-refractivity contribution in [2.75, 3.05) is 5.32 Å². The van der Waals surface area contributed by atoms with Crippen molar-refractivity contribution in [1.29, 1.82) is 0 Å². The van der Waals surface area contributed by atoms with Crippen molar-refractivity contribution in [3.63, 3.8) is 0 Å². The largest absolute Gasteiger partial charge is 0.324 e. The summed E-state index contributed by atoms with van der Waals surface area (Å²) in [5.41, 5.74) is 2.92. The molecule has 3 fully saturated rings. The van der Waals surface area contributed by atoms with Crippen molar-refractivity contribution in [3.8, 4) is 0 Å². The van der Waals surface area contributed by atoms with Crippen molar-refractivity contribution >= 4 is 23.4 Å². The summed E-state index contributed by atoms with van der Waals surface area (Å²) in [6.07, 6.45) is 5.43. The molecule has 1 aliphatic heterocycles. The van der Waals surface area contributed by atoms with Gasteiger partial charge in [-0.3, -0.25) is 19.3 Å². The van der Waals surface area contributed by atoms with Crippen LogP contribution in [0.3, 0.4) is 0 Å². The average Bonchev–Trinajstić information content (AvgIpc) is 3.42. The number of carbonyl (C=O) groups is 3. The van der Waals surface area contributed by atoms with Crippen LogP contribution in [0.15, 0.2) is 30.4 Å². The Labute approximate surface area is 158 Å². The van der Waals surface area contributed by atoms with E-state index in [1.54, 1.807) is 6.92 Å². The first-order valence-electron chi connectivity index (χ1n) is 9.82. The van der Waals surface area contributed by atoms with Gasteiger partial charge in [-0.05, 0) is 74.1 Å². The summed E-state index contributed by atoms with van der Waals surface area (Å²) >= 11 is 0. The summed E-state index contributed by atoms with van der Waals surface area (Å²) in [7, 11) is 0. The molecule has 2 bridgehead atoms. The minimum atomic E-state index is -0.798. The molecule has 5 aliphatic rings. The van der Waals surface area contributed by atoms with Crippen LogP contribution in [0.1, 0.15) is 24.5 Å². The molecule has 1 saturated heterocycles.